The molecule has 0 saturated carbocycles. The fraction of sp³-hybridized carbons (Fsp3) is 0.786. The lowest BCUT2D eigenvalue weighted by Crippen LogP contribution is -1.86. The minimum absolute atomic E-state index is 0. The minimum Gasteiger partial charge on any atom is -0.300 e. The molecule has 0 rings (SSSR count). The van der Waals surface area contributed by atoms with Crippen LogP contribution in [0.2, 0.25) is 20.5 Å². The molecule has 120 valence electrons. The molecular formula is C14H38BO2PS. The van der Waals surface area contributed by atoms with Crippen LogP contribution in [0.4, 0.5) is 0 Å². The molecule has 0 aliphatic heterocycles. The van der Waals surface area contributed by atoms with Gasteiger partial charge in [-0.2, -0.15) is 0 Å². The lowest BCUT2D eigenvalue weighted by atomic mass is 9.58. The summed E-state index contributed by atoms with van der Waals surface area (Å²) < 4.78 is 10.1. The maximum atomic E-state index is 10.1. The highest BCUT2D eigenvalue weighted by molar-refractivity contribution is 7.98. The van der Waals surface area contributed by atoms with Crippen molar-refractivity contribution in [2.45, 2.75) is 41.7 Å². The van der Waals surface area contributed by atoms with E-state index in [0.29, 0.717) is 0 Å². The molecule has 0 radical (unpaired) electrons. The van der Waals surface area contributed by atoms with Crippen LogP contribution < -0.4 is 0 Å². The lowest BCUT2D eigenvalue weighted by Gasteiger charge is -1.96. The number of Topliss-reactive ketones (excluding diaryl/α,β-unsaturated/α-hetero) is 1. The van der Waals surface area contributed by atoms with Gasteiger partial charge in [-0.25, -0.2) is 0 Å². The average molecular weight is 312 g/mol. The van der Waals surface area contributed by atoms with Crippen LogP contribution in [0, 0.1) is 0 Å². The van der Waals surface area contributed by atoms with Gasteiger partial charge in [-0.3, -0.25) is 4.21 Å². The third-order valence-electron chi connectivity index (χ3n) is 0. The summed E-state index contributed by atoms with van der Waals surface area (Å²) in [6, 6.07) is 0. The van der Waals surface area contributed by atoms with Gasteiger partial charge in [-0.1, -0.05) is 27.9 Å². The van der Waals surface area contributed by atoms with Crippen LogP contribution in [0.25, 0.3) is 0 Å². The highest BCUT2D eigenvalue weighted by Crippen LogP contribution is 2.27. The first kappa shape index (κ1) is 31.4. The Morgan fingerprint density at radius 1 is 1.05 bits per heavy atom. The molecule has 0 fully saturated rings. The van der Waals surface area contributed by atoms with E-state index in [1.54, 1.807) is 12.5 Å². The van der Waals surface area contributed by atoms with Crippen molar-refractivity contribution in [3.63, 3.8) is 0 Å². The van der Waals surface area contributed by atoms with Crippen molar-refractivity contribution >= 4 is 41.1 Å². The number of rotatable bonds is 0. The highest BCUT2D eigenvalue weighted by Gasteiger charge is 1.79. The number of carbonyl (C=O) groups is 1. The van der Waals surface area contributed by atoms with Crippen LogP contribution in [-0.2, 0) is 14.3 Å². The van der Waals surface area contributed by atoms with E-state index in [2.05, 4.69) is 52.6 Å². The predicted molar refractivity (Wildman–Crippen MR) is 105 cm³/mol. The Kier molecular flexibility index (Phi) is 26.7. The van der Waals surface area contributed by atoms with Crippen molar-refractivity contribution in [1.29, 1.82) is 0 Å². The van der Waals surface area contributed by atoms with Gasteiger partial charge in [-0.05, 0) is 49.2 Å². The molecule has 0 aromatic rings. The molecule has 0 unspecified atom stereocenters. The summed E-state index contributed by atoms with van der Waals surface area (Å²) in [4.78, 5) is 9.44. The molecule has 0 bridgehead atoms. The van der Waals surface area contributed by atoms with Crippen molar-refractivity contribution in [1.82, 2.24) is 0 Å². The number of hydrogen-bond donors (Lipinski definition) is 0. The highest BCUT2D eigenvalue weighted by atomic mass is 32.2. The van der Waals surface area contributed by atoms with Gasteiger partial charge in [-0.15, -0.1) is 13.2 Å². The van der Waals surface area contributed by atoms with Gasteiger partial charge in [0.05, 0.1) is 0 Å². The fourth-order valence-corrected chi connectivity index (χ4v) is 0. The Balaban J connectivity index is -0.0000000453. The van der Waals surface area contributed by atoms with E-state index in [-0.39, 0.29) is 13.2 Å². The summed E-state index contributed by atoms with van der Waals surface area (Å²) in [5, 5.41) is 0. The van der Waals surface area contributed by atoms with E-state index < -0.39 is 16.4 Å². The molecule has 0 aliphatic rings. The van der Waals surface area contributed by atoms with Gasteiger partial charge in [0, 0.05) is 12.5 Å². The van der Waals surface area contributed by atoms with E-state index in [0.717, 1.165) is 6.71 Å². The van der Waals surface area contributed by atoms with Crippen molar-refractivity contribution in [2.75, 3.05) is 32.5 Å². The monoisotopic (exact) mass is 312 g/mol. The van der Waals surface area contributed by atoms with Crippen molar-refractivity contribution in [3.05, 3.63) is 0 Å². The largest absolute Gasteiger partial charge is 0.300 e. The zero-order chi connectivity index (χ0) is 16.2. The van der Waals surface area contributed by atoms with Crippen molar-refractivity contribution in [3.8, 4) is 0 Å². The second-order valence-corrected chi connectivity index (χ2v) is 13.8. The minimum atomic E-state index is -1.67. The Morgan fingerprint density at radius 3 is 1.05 bits per heavy atom. The molecule has 0 atom stereocenters. The Labute approximate surface area is 124 Å². The van der Waals surface area contributed by atoms with Crippen LogP contribution in [-0.4, -0.2) is 61.4 Å². The zero-order valence-corrected chi connectivity index (χ0v) is 15.9. The maximum Gasteiger partial charge on any atom is 0.130 e. The average Bonchev–Trinajstić information content (AvgIpc) is 1.70. The van der Waals surface area contributed by atoms with Crippen LogP contribution in [0.3, 0.4) is 0 Å². The molecule has 0 aliphatic carbocycles. The van der Waals surface area contributed by atoms with Gasteiger partial charge in [0.15, 0.2) is 0 Å². The van der Waals surface area contributed by atoms with E-state index in [1.807, 2.05) is 0 Å². The molecule has 0 heterocycles. The normalized spacial score (nSPS) is 8.95. The zero-order valence-electron chi connectivity index (χ0n) is 14.2. The van der Waals surface area contributed by atoms with Crippen molar-refractivity contribution < 1.29 is 9.00 Å². The first-order valence-corrected chi connectivity index (χ1v) is 11.7. The summed E-state index contributed by atoms with van der Waals surface area (Å²) >= 11 is 0. The molecule has 0 amide bonds. The van der Waals surface area contributed by atoms with Crippen LogP contribution >= 0.6 is 6.89 Å². The van der Waals surface area contributed by atoms with E-state index in [9.17, 15) is 9.00 Å². The van der Waals surface area contributed by atoms with Gasteiger partial charge in [0.2, 0.25) is 0 Å². The van der Waals surface area contributed by atoms with Crippen LogP contribution in [0.1, 0.15) is 21.3 Å². The summed E-state index contributed by atoms with van der Waals surface area (Å²) in [5.74, 6) is 3.47. The standard InChI is InChI=1S/C4H11P.C3H9B.C3H8OS.C3H6O.CH4/c1-5(2,3)4;1-4(2)3;1-5(2,3)4;1-3(2)4;/h1H2,2-4H3;1-3H3;1H2,2-3H3;1-2H3;1H4. The second kappa shape index (κ2) is 16.1. The quantitative estimate of drug-likeness (QED) is 0.386. The molecule has 2 nitrogen and oxygen atoms in total. The number of hydrogen-bond acceptors (Lipinski definition) is 2. The van der Waals surface area contributed by atoms with E-state index >= 15 is 0 Å². The third-order valence-corrected chi connectivity index (χ3v) is 0. The van der Waals surface area contributed by atoms with Crippen LogP contribution in [0.5, 0.6) is 0 Å². The van der Waals surface area contributed by atoms with Crippen molar-refractivity contribution in [2.24, 2.45) is 0 Å². The van der Waals surface area contributed by atoms with E-state index in [4.69, 9.17) is 0 Å². The molecule has 0 N–H and O–H groups in total. The summed E-state index contributed by atoms with van der Waals surface area (Å²) in [6.45, 7) is 16.3. The van der Waals surface area contributed by atoms with Gasteiger partial charge in [0.1, 0.15) is 12.5 Å². The molecule has 0 spiro atoms. The number of carbonyl (C=O) groups excluding carboxylic acids is 1. The molecule has 0 saturated heterocycles. The molecule has 19 heavy (non-hydrogen) atoms. The first-order valence-electron chi connectivity index (χ1n) is 5.87. The Hall–Kier alpha value is 0.0549. The lowest BCUT2D eigenvalue weighted by molar-refractivity contribution is -0.114. The summed E-state index contributed by atoms with van der Waals surface area (Å²) in [6.07, 6.45) is 7.09. The topological polar surface area (TPSA) is 34.1 Å². The summed E-state index contributed by atoms with van der Waals surface area (Å²) in [7, 11) is -1.67. The molecule has 0 aromatic carbocycles. The Morgan fingerprint density at radius 2 is 1.05 bits per heavy atom. The first-order chi connectivity index (χ1) is 7.46. The van der Waals surface area contributed by atoms with E-state index in [1.165, 1.54) is 13.8 Å². The Bertz CT molecular complexity index is 304. The van der Waals surface area contributed by atoms with Gasteiger partial charge >= 0.3 is 0 Å². The molecule has 5 heteroatoms. The third kappa shape index (κ3) is 1540000. The SMILES string of the molecule is C.C=P(C)(C)C.C=S(C)(C)=O.CB(C)C.CC(C)=O. The maximum absolute atomic E-state index is 10.1. The molecule has 0 aromatic heterocycles. The summed E-state index contributed by atoms with van der Waals surface area (Å²) in [5.41, 5.74) is 0. The fourth-order valence-electron chi connectivity index (χ4n) is 0. The second-order valence-electron chi connectivity index (χ2n) is 6.37. The number of ketones is 1. The smallest absolute Gasteiger partial charge is 0.130 e. The predicted octanol–water partition coefficient (Wildman–Crippen LogP) is 3.89. The van der Waals surface area contributed by atoms with Gasteiger partial charge < -0.3 is 4.79 Å². The van der Waals surface area contributed by atoms with Crippen LogP contribution in [0.15, 0.2) is 0 Å². The molecular weight excluding hydrogens is 274 g/mol. The van der Waals surface area contributed by atoms with Gasteiger partial charge in [0.25, 0.3) is 0 Å².